The molecule has 0 atom stereocenters. The molecule has 1 aliphatic rings. The summed E-state index contributed by atoms with van der Waals surface area (Å²) < 4.78 is 0. The molecular weight excluding hydrogens is 307 g/mol. The van der Waals surface area contributed by atoms with Gasteiger partial charge in [0.1, 0.15) is 0 Å². The smallest absolute Gasteiger partial charge is 0.0171 e. The van der Waals surface area contributed by atoms with Crippen LogP contribution >= 0.6 is 8.20 Å². The zero-order valence-corrected chi connectivity index (χ0v) is 18.1. The Morgan fingerprint density at radius 1 is 0.833 bits per heavy atom. The van der Waals surface area contributed by atoms with Crippen molar-refractivity contribution in [1.29, 1.82) is 0 Å². The van der Waals surface area contributed by atoms with Gasteiger partial charge in [-0.15, -0.1) is 0 Å². The number of hydrogen-bond acceptors (Lipinski definition) is 0. The van der Waals surface area contributed by atoms with Crippen LogP contribution in [0.5, 0.6) is 0 Å². The van der Waals surface area contributed by atoms with Crippen molar-refractivity contribution in [2.75, 3.05) is 0 Å². The van der Waals surface area contributed by atoms with E-state index < -0.39 is 0 Å². The van der Waals surface area contributed by atoms with E-state index >= 15 is 0 Å². The molecule has 24 heavy (non-hydrogen) atoms. The first-order valence-electron chi connectivity index (χ1n) is 9.29. The summed E-state index contributed by atoms with van der Waals surface area (Å²) in [4.78, 5) is 0. The molecule has 0 nitrogen and oxygen atoms in total. The molecule has 0 spiro atoms. The van der Waals surface area contributed by atoms with E-state index in [1.165, 1.54) is 43.0 Å². The number of rotatable bonds is 2. The highest BCUT2D eigenvalue weighted by atomic mass is 31.1. The van der Waals surface area contributed by atoms with Crippen molar-refractivity contribution in [3.8, 4) is 0 Å². The van der Waals surface area contributed by atoms with Gasteiger partial charge in [-0.3, -0.25) is 0 Å². The molecule has 0 aliphatic heterocycles. The van der Waals surface area contributed by atoms with Gasteiger partial charge in [-0.1, -0.05) is 79.9 Å². The second kappa shape index (κ2) is 6.48. The Morgan fingerprint density at radius 2 is 1.29 bits per heavy atom. The van der Waals surface area contributed by atoms with Crippen LogP contribution in [0.4, 0.5) is 0 Å². The van der Waals surface area contributed by atoms with E-state index in [9.17, 15) is 0 Å². The van der Waals surface area contributed by atoms with E-state index in [1.807, 2.05) is 0 Å². The van der Waals surface area contributed by atoms with Gasteiger partial charge in [0.25, 0.3) is 0 Å². The zero-order chi connectivity index (χ0) is 18.3. The Hall–Kier alpha value is -0.830. The Bertz CT molecular complexity index is 626. The molecule has 0 radical (unpaired) electrons. The third-order valence-corrected chi connectivity index (χ3v) is 5.68. The topological polar surface area (TPSA) is 0 Å². The van der Waals surface area contributed by atoms with Gasteiger partial charge in [-0.05, 0) is 66.0 Å². The SMILES string of the molecule is CC(C)(C)c1cc(C(C)(C)C)c(P=C=CC2CC2)c(C(C)(C)C)c1. The zero-order valence-electron chi connectivity index (χ0n) is 17.2. The standard InChI is InChI=1S/C23H35P/c1-21(2,3)17-14-18(22(4,5)6)20(19(15-17)23(7,8)9)24-13-12-16-10-11-16/h12,14-16H,10-11H2,1-9H3. The first-order valence-corrected chi connectivity index (χ1v) is 10.2. The molecular formula is C23H35P. The van der Waals surface area contributed by atoms with Crippen molar-refractivity contribution in [3.05, 3.63) is 34.9 Å². The lowest BCUT2D eigenvalue weighted by Gasteiger charge is -2.32. The van der Waals surface area contributed by atoms with Crippen LogP contribution in [0.1, 0.15) is 91.8 Å². The van der Waals surface area contributed by atoms with E-state index in [1.54, 1.807) is 0 Å². The number of benzene rings is 1. The second-order valence-corrected chi connectivity index (χ2v) is 11.3. The minimum atomic E-state index is 0.144. The molecule has 2 rings (SSSR count). The largest absolute Gasteiger partial charge is 0.0926 e. The maximum absolute atomic E-state index is 3.59. The molecule has 0 unspecified atom stereocenters. The summed E-state index contributed by atoms with van der Waals surface area (Å²) in [5.41, 5.74) is 8.47. The highest BCUT2D eigenvalue weighted by molar-refractivity contribution is 7.46. The first-order chi connectivity index (χ1) is 10.8. The van der Waals surface area contributed by atoms with Crippen molar-refractivity contribution in [1.82, 2.24) is 0 Å². The van der Waals surface area contributed by atoms with Crippen LogP contribution in [0, 0.1) is 5.92 Å². The van der Waals surface area contributed by atoms with Crippen LogP contribution in [-0.2, 0) is 16.2 Å². The van der Waals surface area contributed by atoms with E-state index in [4.69, 9.17) is 0 Å². The predicted molar refractivity (Wildman–Crippen MR) is 111 cm³/mol. The van der Waals surface area contributed by atoms with Gasteiger partial charge in [-0.25, -0.2) is 0 Å². The van der Waals surface area contributed by atoms with E-state index in [2.05, 4.69) is 86.0 Å². The van der Waals surface area contributed by atoms with Gasteiger partial charge >= 0.3 is 0 Å². The van der Waals surface area contributed by atoms with E-state index in [0.717, 1.165) is 5.92 Å². The van der Waals surface area contributed by atoms with Gasteiger partial charge in [-0.2, -0.15) is 0 Å². The number of hydrogen-bond donors (Lipinski definition) is 0. The highest BCUT2D eigenvalue weighted by Crippen LogP contribution is 2.35. The Kier molecular flexibility index (Phi) is 5.26. The fourth-order valence-electron chi connectivity index (χ4n) is 2.80. The Balaban J connectivity index is 2.74. The summed E-state index contributed by atoms with van der Waals surface area (Å²) in [6, 6.07) is 4.91. The van der Waals surface area contributed by atoms with Gasteiger partial charge in [0, 0.05) is 5.30 Å². The molecule has 0 N–H and O–H groups in total. The van der Waals surface area contributed by atoms with Crippen LogP contribution in [0.3, 0.4) is 0 Å². The highest BCUT2D eigenvalue weighted by Gasteiger charge is 2.28. The van der Waals surface area contributed by atoms with Gasteiger partial charge in [0.15, 0.2) is 0 Å². The molecule has 0 bridgehead atoms. The summed E-state index contributed by atoms with van der Waals surface area (Å²) in [7, 11) is 1.23. The monoisotopic (exact) mass is 342 g/mol. The minimum Gasteiger partial charge on any atom is -0.0926 e. The molecule has 132 valence electrons. The van der Waals surface area contributed by atoms with Crippen LogP contribution in [0.25, 0.3) is 0 Å². The second-order valence-electron chi connectivity index (χ2n) is 10.4. The van der Waals surface area contributed by atoms with Crippen molar-refractivity contribution in [3.63, 3.8) is 0 Å². The molecule has 1 aliphatic carbocycles. The Morgan fingerprint density at radius 3 is 1.62 bits per heavy atom. The summed E-state index contributed by atoms with van der Waals surface area (Å²) >= 11 is 0. The summed E-state index contributed by atoms with van der Waals surface area (Å²) in [6.45, 7) is 21.0. The average Bonchev–Trinajstić information content (AvgIpc) is 3.18. The maximum atomic E-state index is 3.59. The molecule has 0 heterocycles. The van der Waals surface area contributed by atoms with Crippen molar-refractivity contribution < 1.29 is 0 Å². The molecule has 1 saturated carbocycles. The van der Waals surface area contributed by atoms with Crippen LogP contribution < -0.4 is 5.30 Å². The summed E-state index contributed by atoms with van der Waals surface area (Å²) in [5, 5.41) is 1.47. The number of allylic oxidation sites excluding steroid dienone is 1. The summed E-state index contributed by atoms with van der Waals surface area (Å²) in [5.74, 6) is 0.794. The van der Waals surface area contributed by atoms with E-state index in [0.29, 0.717) is 0 Å². The Labute approximate surface area is 151 Å². The minimum absolute atomic E-state index is 0.144. The molecule has 0 aromatic heterocycles. The molecule has 1 aromatic carbocycles. The molecule has 0 amide bonds. The molecule has 1 fully saturated rings. The molecule has 1 aromatic rings. The lowest BCUT2D eigenvalue weighted by atomic mass is 9.75. The molecule has 1 heteroatoms. The van der Waals surface area contributed by atoms with Crippen molar-refractivity contribution >= 4 is 19.0 Å². The van der Waals surface area contributed by atoms with Crippen molar-refractivity contribution in [2.24, 2.45) is 5.92 Å². The normalized spacial score (nSPS) is 16.2. The maximum Gasteiger partial charge on any atom is 0.0171 e. The fraction of sp³-hybridized carbons (Fsp3) is 0.652. The third-order valence-electron chi connectivity index (χ3n) is 4.70. The van der Waals surface area contributed by atoms with Crippen LogP contribution in [0.2, 0.25) is 0 Å². The first kappa shape index (κ1) is 19.5. The van der Waals surface area contributed by atoms with Crippen molar-refractivity contribution in [2.45, 2.75) is 91.4 Å². The van der Waals surface area contributed by atoms with Crippen LogP contribution in [-0.4, -0.2) is 5.45 Å². The predicted octanol–water partition coefficient (Wildman–Crippen LogP) is 6.52. The third kappa shape index (κ3) is 4.84. The van der Waals surface area contributed by atoms with Gasteiger partial charge in [0.2, 0.25) is 0 Å². The van der Waals surface area contributed by atoms with E-state index in [-0.39, 0.29) is 16.2 Å². The quantitative estimate of drug-likeness (QED) is 0.537. The molecule has 0 saturated heterocycles. The summed E-state index contributed by atoms with van der Waals surface area (Å²) in [6.07, 6.45) is 5.01. The lowest BCUT2D eigenvalue weighted by Crippen LogP contribution is -2.29. The fourth-order valence-corrected chi connectivity index (χ4v) is 4.26. The lowest BCUT2D eigenvalue weighted by molar-refractivity contribution is 0.554. The van der Waals surface area contributed by atoms with Crippen LogP contribution in [0.15, 0.2) is 18.2 Å². The van der Waals surface area contributed by atoms with Gasteiger partial charge in [0.05, 0.1) is 0 Å². The van der Waals surface area contributed by atoms with Gasteiger partial charge < -0.3 is 0 Å². The average molecular weight is 343 g/mol.